The van der Waals surface area contributed by atoms with Gasteiger partial charge in [0.05, 0.1) is 13.1 Å². The molecule has 0 radical (unpaired) electrons. The van der Waals surface area contributed by atoms with Crippen LogP contribution in [-0.2, 0) is 11.3 Å². The van der Waals surface area contributed by atoms with Crippen LogP contribution in [0.25, 0.3) is 0 Å². The van der Waals surface area contributed by atoms with Crippen LogP contribution in [0, 0.1) is 11.8 Å². The molecule has 0 bridgehead atoms. The Labute approximate surface area is 144 Å². The van der Waals surface area contributed by atoms with Crippen LogP contribution in [0.2, 0.25) is 5.02 Å². The molecule has 1 atom stereocenters. The molecular weight excluding hydrogens is 308 g/mol. The number of halogens is 1. The number of carbonyl (C=O) groups is 1. The fourth-order valence-electron chi connectivity index (χ4n) is 3.99. The van der Waals surface area contributed by atoms with Gasteiger partial charge in [-0.15, -0.1) is 0 Å². The Balaban J connectivity index is 1.48. The third kappa shape index (κ3) is 4.48. The zero-order valence-corrected chi connectivity index (χ0v) is 14.8. The number of likely N-dealkylation sites (tertiary alicyclic amines) is 2. The van der Waals surface area contributed by atoms with E-state index in [2.05, 4.69) is 24.0 Å². The van der Waals surface area contributed by atoms with E-state index in [1.807, 2.05) is 12.1 Å². The van der Waals surface area contributed by atoms with Gasteiger partial charge in [-0.25, -0.2) is 0 Å². The van der Waals surface area contributed by atoms with E-state index >= 15 is 0 Å². The maximum Gasteiger partial charge on any atom is 0.226 e. The number of carbonyl (C=O) groups excluding carboxylic acids is 1. The molecule has 3 nitrogen and oxygen atoms in total. The monoisotopic (exact) mass is 335 g/mol. The van der Waals surface area contributed by atoms with Crippen molar-refractivity contribution in [3.8, 4) is 0 Å². The summed E-state index contributed by atoms with van der Waals surface area (Å²) in [5.41, 5.74) is 1.33. The van der Waals surface area contributed by atoms with Crippen LogP contribution in [0.3, 0.4) is 0 Å². The third-order valence-corrected chi connectivity index (χ3v) is 5.63. The Morgan fingerprint density at radius 2 is 1.91 bits per heavy atom. The number of rotatable bonds is 3. The van der Waals surface area contributed by atoms with Gasteiger partial charge in [0.1, 0.15) is 6.54 Å². The highest BCUT2D eigenvalue weighted by Gasteiger charge is 2.32. The van der Waals surface area contributed by atoms with E-state index in [9.17, 15) is 4.79 Å². The molecule has 2 aliphatic rings. The molecule has 126 valence electrons. The van der Waals surface area contributed by atoms with Crippen molar-refractivity contribution in [1.82, 2.24) is 4.90 Å². The van der Waals surface area contributed by atoms with Crippen molar-refractivity contribution in [3.05, 3.63) is 34.9 Å². The van der Waals surface area contributed by atoms with Crippen molar-refractivity contribution in [1.29, 1.82) is 0 Å². The number of benzene rings is 1. The summed E-state index contributed by atoms with van der Waals surface area (Å²) in [5.74, 6) is 1.35. The van der Waals surface area contributed by atoms with Gasteiger partial charge >= 0.3 is 0 Å². The van der Waals surface area contributed by atoms with Crippen LogP contribution in [0.1, 0.15) is 38.2 Å². The molecule has 23 heavy (non-hydrogen) atoms. The van der Waals surface area contributed by atoms with Gasteiger partial charge in [-0.05, 0) is 30.9 Å². The summed E-state index contributed by atoms with van der Waals surface area (Å²) >= 11 is 5.94. The van der Waals surface area contributed by atoms with Crippen molar-refractivity contribution in [2.45, 2.75) is 39.2 Å². The fraction of sp³-hybridized carbons (Fsp3) is 0.632. The lowest BCUT2D eigenvalue weighted by molar-refractivity contribution is -0.919. The molecule has 0 saturated carbocycles. The molecule has 0 unspecified atom stereocenters. The lowest BCUT2D eigenvalue weighted by Gasteiger charge is -2.36. The van der Waals surface area contributed by atoms with Crippen LogP contribution in [0.4, 0.5) is 0 Å². The Kier molecular flexibility index (Phi) is 5.60. The fourth-order valence-corrected chi connectivity index (χ4v) is 4.11. The van der Waals surface area contributed by atoms with Gasteiger partial charge in [0.15, 0.2) is 0 Å². The first-order chi connectivity index (χ1) is 11.1. The van der Waals surface area contributed by atoms with Crippen molar-refractivity contribution in [2.24, 2.45) is 11.8 Å². The molecular formula is C19H28ClN2O+. The van der Waals surface area contributed by atoms with E-state index in [1.54, 1.807) is 4.90 Å². The molecule has 3 rings (SSSR count). The Morgan fingerprint density at radius 3 is 2.57 bits per heavy atom. The molecule has 4 heteroatoms. The molecule has 1 amide bonds. The molecule has 2 saturated heterocycles. The molecule has 1 aromatic carbocycles. The van der Waals surface area contributed by atoms with Gasteiger partial charge in [0.25, 0.3) is 0 Å². The molecule has 1 N–H and O–H groups in total. The number of piperidine rings is 2. The second-order valence-electron chi connectivity index (χ2n) is 7.36. The topological polar surface area (TPSA) is 24.8 Å². The number of nitrogens with one attached hydrogen (secondary N) is 1. The summed E-state index contributed by atoms with van der Waals surface area (Å²) in [7, 11) is 0. The van der Waals surface area contributed by atoms with Crippen LogP contribution >= 0.6 is 11.6 Å². The summed E-state index contributed by atoms with van der Waals surface area (Å²) in [6.07, 6.45) is 4.51. The third-order valence-electron chi connectivity index (χ3n) is 5.38. The molecule has 2 aliphatic heterocycles. The van der Waals surface area contributed by atoms with Crippen molar-refractivity contribution in [3.63, 3.8) is 0 Å². The van der Waals surface area contributed by atoms with Crippen molar-refractivity contribution < 1.29 is 9.69 Å². The van der Waals surface area contributed by atoms with Crippen LogP contribution in [0.15, 0.2) is 24.3 Å². The summed E-state index contributed by atoms with van der Waals surface area (Å²) in [5, 5.41) is 0.795. The first kappa shape index (κ1) is 16.8. The average molecular weight is 336 g/mol. The van der Waals surface area contributed by atoms with Crippen LogP contribution in [0.5, 0.6) is 0 Å². The summed E-state index contributed by atoms with van der Waals surface area (Å²) in [6, 6.07) is 8.15. The van der Waals surface area contributed by atoms with E-state index in [0.29, 0.717) is 11.8 Å². The summed E-state index contributed by atoms with van der Waals surface area (Å²) in [4.78, 5) is 16.4. The van der Waals surface area contributed by atoms with E-state index in [1.165, 1.54) is 18.4 Å². The lowest BCUT2D eigenvalue weighted by atomic mass is 9.92. The highest BCUT2D eigenvalue weighted by Crippen LogP contribution is 2.20. The maximum absolute atomic E-state index is 12.7. The second kappa shape index (κ2) is 7.67. The minimum absolute atomic E-state index is 0.259. The molecule has 2 heterocycles. The van der Waals surface area contributed by atoms with Crippen LogP contribution < -0.4 is 4.90 Å². The number of hydrogen-bond donors (Lipinski definition) is 1. The van der Waals surface area contributed by atoms with Gasteiger partial charge in [-0.3, -0.25) is 4.79 Å². The molecule has 0 spiro atoms. The number of quaternary nitrogens is 1. The SMILES string of the molecule is C[C@@H]1CCCN(C(=O)C2CC[NH+](Cc3ccc(Cl)cc3)CC2)C1. The van der Waals surface area contributed by atoms with E-state index in [0.717, 1.165) is 50.6 Å². The summed E-state index contributed by atoms with van der Waals surface area (Å²) < 4.78 is 0. The predicted molar refractivity (Wildman–Crippen MR) is 93.6 cm³/mol. The standard InChI is InChI=1S/C19H27ClN2O/c1-15-3-2-10-22(13-15)19(23)17-8-11-21(12-9-17)14-16-4-6-18(20)7-5-16/h4-7,15,17H,2-3,8-14H2,1H3/p+1/t15-/m1/s1. The minimum atomic E-state index is 0.259. The highest BCUT2D eigenvalue weighted by atomic mass is 35.5. The average Bonchev–Trinajstić information content (AvgIpc) is 2.57. The van der Waals surface area contributed by atoms with Gasteiger partial charge < -0.3 is 9.80 Å². The van der Waals surface area contributed by atoms with Gasteiger partial charge in [-0.2, -0.15) is 0 Å². The van der Waals surface area contributed by atoms with Gasteiger partial charge in [-0.1, -0.05) is 30.7 Å². The Hall–Kier alpha value is -1.06. The smallest absolute Gasteiger partial charge is 0.226 e. The van der Waals surface area contributed by atoms with Gasteiger partial charge in [0, 0.05) is 42.4 Å². The molecule has 0 aromatic heterocycles. The molecule has 0 aliphatic carbocycles. The first-order valence-corrected chi connectivity index (χ1v) is 9.36. The predicted octanol–water partition coefficient (Wildman–Crippen LogP) is 2.39. The lowest BCUT2D eigenvalue weighted by Crippen LogP contribution is -3.11. The largest absolute Gasteiger partial charge is 0.342 e. The number of nitrogens with zero attached hydrogens (tertiary/aromatic N) is 1. The summed E-state index contributed by atoms with van der Waals surface area (Å²) in [6.45, 7) is 7.44. The molecule has 1 aromatic rings. The Bertz CT molecular complexity index is 523. The highest BCUT2D eigenvalue weighted by molar-refractivity contribution is 6.30. The minimum Gasteiger partial charge on any atom is -0.342 e. The second-order valence-corrected chi connectivity index (χ2v) is 7.80. The molecule has 2 fully saturated rings. The van der Waals surface area contributed by atoms with E-state index in [4.69, 9.17) is 11.6 Å². The maximum atomic E-state index is 12.7. The zero-order valence-electron chi connectivity index (χ0n) is 14.1. The van der Waals surface area contributed by atoms with E-state index in [-0.39, 0.29) is 5.92 Å². The van der Waals surface area contributed by atoms with Crippen LogP contribution in [-0.4, -0.2) is 37.0 Å². The van der Waals surface area contributed by atoms with Crippen molar-refractivity contribution in [2.75, 3.05) is 26.2 Å². The van der Waals surface area contributed by atoms with Crippen molar-refractivity contribution >= 4 is 17.5 Å². The van der Waals surface area contributed by atoms with Gasteiger partial charge in [0.2, 0.25) is 5.91 Å². The number of amides is 1. The Morgan fingerprint density at radius 1 is 1.22 bits per heavy atom. The quantitative estimate of drug-likeness (QED) is 0.901. The zero-order chi connectivity index (χ0) is 16.2. The van der Waals surface area contributed by atoms with E-state index < -0.39 is 0 Å². The first-order valence-electron chi connectivity index (χ1n) is 8.98. The number of hydrogen-bond acceptors (Lipinski definition) is 1. The normalized spacial score (nSPS) is 28.6.